The lowest BCUT2D eigenvalue weighted by Gasteiger charge is -2.05. The van der Waals surface area contributed by atoms with E-state index in [0.717, 1.165) is 14.7 Å². The average molecular weight is 273 g/mol. The molecule has 12 heavy (non-hydrogen) atoms. The van der Waals surface area contributed by atoms with Crippen LogP contribution in [0.25, 0.3) is 0 Å². The molecule has 0 unspecified atom stereocenters. The highest BCUT2D eigenvalue weighted by molar-refractivity contribution is 14.1. The summed E-state index contributed by atoms with van der Waals surface area (Å²) in [4.78, 5) is 0. The maximum absolute atomic E-state index is 9.00. The van der Waals surface area contributed by atoms with Crippen LogP contribution in [0.15, 0.2) is 12.1 Å². The maximum atomic E-state index is 9.00. The summed E-state index contributed by atoms with van der Waals surface area (Å²) in [6, 6.07) is 5.68. The van der Waals surface area contributed by atoms with Gasteiger partial charge in [0.25, 0.3) is 0 Å². The summed E-state index contributed by atoms with van der Waals surface area (Å²) in [5.74, 6) is 0. The molecule has 2 nitrogen and oxygen atoms in total. The summed E-state index contributed by atoms with van der Waals surface area (Å²) in [5.41, 5.74) is 2.39. The molecule has 1 aromatic carbocycles. The largest absolute Gasteiger partial charge is 0.392 e. The van der Waals surface area contributed by atoms with Gasteiger partial charge in [0.1, 0.15) is 0 Å². The van der Waals surface area contributed by atoms with E-state index in [0.29, 0.717) is 5.56 Å². The van der Waals surface area contributed by atoms with Crippen LogP contribution in [0.4, 0.5) is 0 Å². The third kappa shape index (κ3) is 1.59. The zero-order chi connectivity index (χ0) is 9.14. The number of hydrogen-bond acceptors (Lipinski definition) is 2. The van der Waals surface area contributed by atoms with Crippen LogP contribution >= 0.6 is 22.6 Å². The van der Waals surface area contributed by atoms with Gasteiger partial charge in [0, 0.05) is 9.13 Å². The van der Waals surface area contributed by atoms with Gasteiger partial charge in [-0.05, 0) is 41.1 Å². The molecule has 1 N–H and O–H groups in total. The minimum Gasteiger partial charge on any atom is -0.392 e. The second-order valence-electron chi connectivity index (χ2n) is 2.49. The van der Waals surface area contributed by atoms with E-state index in [1.54, 1.807) is 6.07 Å². The van der Waals surface area contributed by atoms with Gasteiger partial charge in [-0.3, -0.25) is 0 Å². The molecule has 0 amide bonds. The molecule has 0 aromatic heterocycles. The van der Waals surface area contributed by atoms with Crippen LogP contribution < -0.4 is 0 Å². The second kappa shape index (κ2) is 3.87. The Morgan fingerprint density at radius 3 is 2.75 bits per heavy atom. The molecule has 3 heteroatoms. The quantitative estimate of drug-likeness (QED) is 0.795. The molecule has 0 fully saturated rings. The van der Waals surface area contributed by atoms with Crippen LogP contribution in [0.5, 0.6) is 0 Å². The lowest BCUT2D eigenvalue weighted by Crippen LogP contribution is -1.95. The fourth-order valence-corrected chi connectivity index (χ4v) is 1.64. The van der Waals surface area contributed by atoms with Crippen LogP contribution in [-0.2, 0) is 6.61 Å². The lowest BCUT2D eigenvalue weighted by atomic mass is 10.1. The first-order chi connectivity index (χ1) is 5.70. The number of rotatable bonds is 1. The standard InChI is InChI=1S/C9H8INO/c1-6-2-3-7(4-11)8(5-12)9(6)10/h2-3,12H,5H2,1H3. The third-order valence-corrected chi connectivity index (χ3v) is 3.22. The monoisotopic (exact) mass is 273 g/mol. The van der Waals surface area contributed by atoms with Gasteiger partial charge < -0.3 is 5.11 Å². The molecule has 0 bridgehead atoms. The van der Waals surface area contributed by atoms with Crippen molar-refractivity contribution in [3.05, 3.63) is 32.4 Å². The summed E-state index contributed by atoms with van der Waals surface area (Å²) in [5, 5.41) is 17.7. The van der Waals surface area contributed by atoms with E-state index >= 15 is 0 Å². The van der Waals surface area contributed by atoms with Crippen molar-refractivity contribution < 1.29 is 5.11 Å². The Kier molecular flexibility index (Phi) is 3.06. The Labute approximate surface area is 85.0 Å². The van der Waals surface area contributed by atoms with E-state index in [-0.39, 0.29) is 6.61 Å². The van der Waals surface area contributed by atoms with E-state index in [4.69, 9.17) is 10.4 Å². The third-order valence-electron chi connectivity index (χ3n) is 1.71. The summed E-state index contributed by atoms with van der Waals surface area (Å²) >= 11 is 2.14. The van der Waals surface area contributed by atoms with Gasteiger partial charge in [-0.2, -0.15) is 5.26 Å². The molecular formula is C9H8INO. The predicted molar refractivity (Wildman–Crippen MR) is 54.5 cm³/mol. The number of aliphatic hydroxyl groups excluding tert-OH is 1. The van der Waals surface area contributed by atoms with Crippen LogP contribution in [-0.4, -0.2) is 5.11 Å². The molecule has 0 aliphatic heterocycles. The maximum Gasteiger partial charge on any atom is 0.0995 e. The molecule has 0 radical (unpaired) electrons. The van der Waals surface area contributed by atoms with Gasteiger partial charge in [-0.25, -0.2) is 0 Å². The first-order valence-electron chi connectivity index (χ1n) is 3.49. The number of aryl methyl sites for hydroxylation is 1. The van der Waals surface area contributed by atoms with Crippen LogP contribution in [0.1, 0.15) is 16.7 Å². The van der Waals surface area contributed by atoms with Crippen molar-refractivity contribution in [3.63, 3.8) is 0 Å². The van der Waals surface area contributed by atoms with Crippen LogP contribution in [0.2, 0.25) is 0 Å². The molecule has 0 aliphatic carbocycles. The summed E-state index contributed by atoms with van der Waals surface area (Å²) in [6.07, 6.45) is 0. The number of benzene rings is 1. The zero-order valence-corrected chi connectivity index (χ0v) is 8.79. The van der Waals surface area contributed by atoms with Gasteiger partial charge >= 0.3 is 0 Å². The van der Waals surface area contributed by atoms with Crippen molar-refractivity contribution >= 4 is 22.6 Å². The van der Waals surface area contributed by atoms with Crippen molar-refractivity contribution in [2.45, 2.75) is 13.5 Å². The molecule has 0 spiro atoms. The van der Waals surface area contributed by atoms with Gasteiger partial charge in [0.2, 0.25) is 0 Å². The smallest absolute Gasteiger partial charge is 0.0995 e. The Hall–Kier alpha value is -0.600. The Bertz CT molecular complexity index is 341. The van der Waals surface area contributed by atoms with Gasteiger partial charge in [-0.15, -0.1) is 0 Å². The fourth-order valence-electron chi connectivity index (χ4n) is 0.998. The molecule has 0 saturated carbocycles. The number of aliphatic hydroxyl groups is 1. The van der Waals surface area contributed by atoms with Gasteiger partial charge in [0.05, 0.1) is 18.2 Å². The minimum absolute atomic E-state index is 0.0666. The van der Waals surface area contributed by atoms with Gasteiger partial charge in [-0.1, -0.05) is 6.07 Å². The van der Waals surface area contributed by atoms with Crippen molar-refractivity contribution in [1.82, 2.24) is 0 Å². The Balaban J connectivity index is 3.38. The van der Waals surface area contributed by atoms with Crippen molar-refractivity contribution in [2.24, 2.45) is 0 Å². The molecule has 62 valence electrons. The van der Waals surface area contributed by atoms with E-state index in [2.05, 4.69) is 22.6 Å². The Morgan fingerprint density at radius 1 is 1.58 bits per heavy atom. The topological polar surface area (TPSA) is 44.0 Å². The number of hydrogen-bond donors (Lipinski definition) is 1. The summed E-state index contributed by atoms with van der Waals surface area (Å²) < 4.78 is 0.981. The highest BCUT2D eigenvalue weighted by Gasteiger charge is 2.06. The van der Waals surface area contributed by atoms with Crippen LogP contribution in [0, 0.1) is 21.8 Å². The first kappa shape index (κ1) is 9.49. The molecule has 0 atom stereocenters. The number of nitrogens with zero attached hydrogens (tertiary/aromatic N) is 1. The van der Waals surface area contributed by atoms with Crippen molar-refractivity contribution in [2.75, 3.05) is 0 Å². The van der Waals surface area contributed by atoms with E-state index < -0.39 is 0 Å². The van der Waals surface area contributed by atoms with Crippen LogP contribution in [0.3, 0.4) is 0 Å². The predicted octanol–water partition coefficient (Wildman–Crippen LogP) is 1.96. The normalized spacial score (nSPS) is 9.50. The fraction of sp³-hybridized carbons (Fsp3) is 0.222. The summed E-state index contributed by atoms with van der Waals surface area (Å²) in [6.45, 7) is 1.89. The van der Waals surface area contributed by atoms with Crippen molar-refractivity contribution in [1.29, 1.82) is 5.26 Å². The highest BCUT2D eigenvalue weighted by Crippen LogP contribution is 2.20. The second-order valence-corrected chi connectivity index (χ2v) is 3.57. The first-order valence-corrected chi connectivity index (χ1v) is 4.57. The molecule has 0 saturated heterocycles. The molecule has 0 aliphatic rings. The van der Waals surface area contributed by atoms with E-state index in [1.807, 2.05) is 19.1 Å². The lowest BCUT2D eigenvalue weighted by molar-refractivity contribution is 0.280. The van der Waals surface area contributed by atoms with Gasteiger partial charge in [0.15, 0.2) is 0 Å². The summed E-state index contributed by atoms with van der Waals surface area (Å²) in [7, 11) is 0. The Morgan fingerprint density at radius 2 is 2.25 bits per heavy atom. The SMILES string of the molecule is Cc1ccc(C#N)c(CO)c1I. The molecular weight excluding hydrogens is 265 g/mol. The number of nitriles is 1. The highest BCUT2D eigenvalue weighted by atomic mass is 127. The average Bonchev–Trinajstić information content (AvgIpc) is 2.09. The van der Waals surface area contributed by atoms with Crippen molar-refractivity contribution in [3.8, 4) is 6.07 Å². The molecule has 1 rings (SSSR count). The molecule has 0 heterocycles. The van der Waals surface area contributed by atoms with E-state index in [1.165, 1.54) is 0 Å². The van der Waals surface area contributed by atoms with E-state index in [9.17, 15) is 0 Å². The zero-order valence-electron chi connectivity index (χ0n) is 6.63. The minimum atomic E-state index is -0.0666. The number of halogens is 1. The molecule has 1 aromatic rings.